The fourth-order valence-electron chi connectivity index (χ4n) is 1.37. The van der Waals surface area contributed by atoms with Gasteiger partial charge in [0.1, 0.15) is 6.61 Å². The smallest absolute Gasteiger partial charge is 0.888 e. The number of hydrogen-bond acceptors (Lipinski definition) is 4. The summed E-state index contributed by atoms with van der Waals surface area (Å²) < 4.78 is 5.39. The van der Waals surface area contributed by atoms with Crippen LogP contribution in [-0.4, -0.2) is 12.1 Å². The van der Waals surface area contributed by atoms with Crippen LogP contribution in [0.5, 0.6) is 5.88 Å². The van der Waals surface area contributed by atoms with Crippen molar-refractivity contribution in [3.05, 3.63) is 54.1 Å². The van der Waals surface area contributed by atoms with E-state index in [1.165, 1.54) is 6.07 Å². The molecule has 0 spiro atoms. The molecular weight excluding hydrogens is 231 g/mol. The molecule has 0 saturated carbocycles. The fraction of sp³-hybridized carbons (Fsp3) is 0.0833. The third kappa shape index (κ3) is 5.89. The average Bonchev–Trinajstić information content (AvgIpc) is 2.38. The first-order chi connectivity index (χ1) is 8.25. The Hall–Kier alpha value is -0.650. The third-order valence-corrected chi connectivity index (χ3v) is 2.22. The second kappa shape index (κ2) is 9.28. The first-order valence-corrected chi connectivity index (χ1v) is 5.21. The van der Waals surface area contributed by atoms with E-state index in [1.54, 1.807) is 12.1 Å². The Morgan fingerprint density at radius 2 is 1.63 bits per heavy atom. The molecule has 2 aromatic rings. The molecule has 0 atom stereocenters. The fourth-order valence-corrected chi connectivity index (χ4v) is 1.37. The molecule has 0 aliphatic rings. The number of pyridine rings is 1. The van der Waals surface area contributed by atoms with E-state index in [2.05, 4.69) is 4.98 Å². The third-order valence-electron chi connectivity index (χ3n) is 2.22. The van der Waals surface area contributed by atoms with Crippen LogP contribution in [0.2, 0.25) is 0 Å². The van der Waals surface area contributed by atoms with Crippen LogP contribution in [-0.2, 0) is 6.61 Å². The molecule has 0 fully saturated rings. The predicted molar refractivity (Wildman–Crippen MR) is 60.4 cm³/mol. The van der Waals surface area contributed by atoms with Gasteiger partial charge in [-0.15, -0.1) is 0 Å². The predicted octanol–water partition coefficient (Wildman–Crippen LogP) is -6.92. The van der Waals surface area contributed by atoms with E-state index in [9.17, 15) is 10.0 Å². The van der Waals surface area contributed by atoms with Crippen molar-refractivity contribution in [2.75, 3.05) is 0 Å². The Bertz CT molecular complexity index is 485. The molecule has 2 rings (SSSR count). The number of aromatic nitrogens is 1. The number of nitrogens with zero attached hydrogens (tertiary/aromatic N) is 1. The second-order valence-corrected chi connectivity index (χ2v) is 3.51. The first-order valence-electron chi connectivity index (χ1n) is 5.21. The maximum absolute atomic E-state index is 10.7. The van der Waals surface area contributed by atoms with Gasteiger partial charge in [-0.1, -0.05) is 42.5 Å². The average molecular weight is 241 g/mol. The molecule has 0 unspecified atom stereocenters. The van der Waals surface area contributed by atoms with Crippen LogP contribution < -0.4 is 58.1 Å². The van der Waals surface area contributed by atoms with Gasteiger partial charge in [-0.05, 0) is 18.3 Å². The molecule has 0 bridgehead atoms. The van der Waals surface area contributed by atoms with Crippen molar-refractivity contribution in [1.29, 1.82) is 0 Å². The molecule has 0 amide bonds. The quantitative estimate of drug-likeness (QED) is 0.499. The van der Waals surface area contributed by atoms with Crippen molar-refractivity contribution in [2.24, 2.45) is 0 Å². The molecule has 86 valence electrons. The topological polar surface area (TPSA) is 68.2 Å². The van der Waals surface area contributed by atoms with Gasteiger partial charge in [0.2, 0.25) is 5.88 Å². The summed E-state index contributed by atoms with van der Waals surface area (Å²) in [5, 5.41) is 21.4. The van der Waals surface area contributed by atoms with Crippen LogP contribution in [0, 0.1) is 0 Å². The Labute approximate surface area is 136 Å². The van der Waals surface area contributed by atoms with Crippen LogP contribution in [0.15, 0.2) is 48.5 Å². The van der Waals surface area contributed by atoms with E-state index >= 15 is 0 Å². The van der Waals surface area contributed by atoms with Crippen molar-refractivity contribution in [2.45, 2.75) is 6.61 Å². The zero-order valence-corrected chi connectivity index (χ0v) is 11.1. The van der Waals surface area contributed by atoms with Gasteiger partial charge >= 0.3 is 37.7 Å². The van der Waals surface area contributed by atoms with Gasteiger partial charge in [-0.2, -0.15) is 0 Å². The summed E-state index contributed by atoms with van der Waals surface area (Å²) in [6.07, 6.45) is 0. The summed E-state index contributed by atoms with van der Waals surface area (Å²) in [6.45, 7) is 0.361. The molecule has 4 nitrogen and oxygen atoms in total. The first kappa shape index (κ1) is 18.3. The second-order valence-electron chi connectivity index (χ2n) is 3.51. The minimum atomic E-state index is -2.07. The van der Waals surface area contributed by atoms with E-state index in [0.717, 1.165) is 5.56 Å². The minimum Gasteiger partial charge on any atom is -0.888 e. The van der Waals surface area contributed by atoms with Gasteiger partial charge in [0.05, 0.1) is 0 Å². The Balaban J connectivity index is 0.00000162. The summed E-state index contributed by atoms with van der Waals surface area (Å²) >= 11 is 0. The molecule has 0 aliphatic heterocycles. The zero-order chi connectivity index (χ0) is 12.1. The molecule has 19 heavy (non-hydrogen) atoms. The van der Waals surface area contributed by atoms with Gasteiger partial charge in [0, 0.05) is 6.07 Å². The summed E-state index contributed by atoms with van der Waals surface area (Å²) in [7, 11) is -2.07. The molecular formula is C12H10BLi2NO3. The van der Waals surface area contributed by atoms with Crippen LogP contribution in [0.4, 0.5) is 0 Å². The molecule has 0 aliphatic carbocycles. The SMILES string of the molecule is [Li+].[Li+].[O-]B([O-])c1cccc(OCc2ccccc2)n1. The van der Waals surface area contributed by atoms with Gasteiger partial charge in [-0.3, -0.25) is 0 Å². The van der Waals surface area contributed by atoms with E-state index in [4.69, 9.17) is 4.74 Å². The minimum absolute atomic E-state index is 0. The summed E-state index contributed by atoms with van der Waals surface area (Å²) in [4.78, 5) is 3.84. The summed E-state index contributed by atoms with van der Waals surface area (Å²) in [6, 6.07) is 14.2. The van der Waals surface area contributed by atoms with Crippen molar-refractivity contribution in [1.82, 2.24) is 4.98 Å². The van der Waals surface area contributed by atoms with Gasteiger partial charge < -0.3 is 14.8 Å². The van der Waals surface area contributed by atoms with Crippen LogP contribution in [0.25, 0.3) is 0 Å². The molecule has 0 radical (unpaired) electrons. The van der Waals surface area contributed by atoms with Gasteiger partial charge in [0.15, 0.2) is 0 Å². The Kier molecular flexibility index (Phi) is 8.97. The molecule has 1 heterocycles. The maximum atomic E-state index is 10.7. The van der Waals surface area contributed by atoms with E-state index in [1.807, 2.05) is 30.3 Å². The number of hydrogen-bond donors (Lipinski definition) is 0. The van der Waals surface area contributed by atoms with Gasteiger partial charge in [0.25, 0.3) is 0 Å². The Morgan fingerprint density at radius 1 is 0.947 bits per heavy atom. The standard InChI is InChI=1S/C12H10BNO3.2Li/c15-13(16)11-7-4-8-12(14-11)17-9-10-5-2-1-3-6-10;;/h1-8H,9H2;;/q-2;2*+1. The number of benzene rings is 1. The monoisotopic (exact) mass is 241 g/mol. The summed E-state index contributed by atoms with van der Waals surface area (Å²) in [5.74, 6) is 0.294. The largest absolute Gasteiger partial charge is 1.00 e. The van der Waals surface area contributed by atoms with Crippen molar-refractivity contribution < 1.29 is 52.5 Å². The molecule has 1 aromatic heterocycles. The van der Waals surface area contributed by atoms with E-state index < -0.39 is 7.12 Å². The van der Waals surface area contributed by atoms with Crippen molar-refractivity contribution in [3.8, 4) is 5.88 Å². The van der Waals surface area contributed by atoms with Crippen molar-refractivity contribution in [3.63, 3.8) is 0 Å². The van der Waals surface area contributed by atoms with Crippen LogP contribution in [0.3, 0.4) is 0 Å². The molecule has 1 aromatic carbocycles. The number of rotatable bonds is 4. The number of ether oxygens (including phenoxy) is 1. The summed E-state index contributed by atoms with van der Waals surface area (Å²) in [5.41, 5.74) is 0.955. The van der Waals surface area contributed by atoms with Gasteiger partial charge in [-0.25, -0.2) is 4.98 Å². The van der Waals surface area contributed by atoms with Crippen LogP contribution >= 0.6 is 0 Å². The molecule has 7 heteroatoms. The van der Waals surface area contributed by atoms with E-state index in [0.29, 0.717) is 12.5 Å². The Morgan fingerprint density at radius 3 is 2.26 bits per heavy atom. The van der Waals surface area contributed by atoms with Crippen LogP contribution in [0.1, 0.15) is 5.56 Å². The zero-order valence-electron chi connectivity index (χ0n) is 11.1. The van der Waals surface area contributed by atoms with E-state index in [-0.39, 0.29) is 43.3 Å². The molecule has 0 saturated heterocycles. The normalized spacial score (nSPS) is 8.95. The van der Waals surface area contributed by atoms with Crippen molar-refractivity contribution >= 4 is 12.7 Å². The molecule has 0 N–H and O–H groups in total. The maximum Gasteiger partial charge on any atom is 1.00 e.